The van der Waals surface area contributed by atoms with E-state index in [-0.39, 0.29) is 5.91 Å². The van der Waals surface area contributed by atoms with E-state index in [0.717, 1.165) is 31.5 Å². The largest absolute Gasteiger partial charge is 0.495 e. The fourth-order valence-electron chi connectivity index (χ4n) is 2.61. The molecule has 0 aromatic heterocycles. The first kappa shape index (κ1) is 15.3. The lowest BCUT2D eigenvalue weighted by Gasteiger charge is -2.21. The Morgan fingerprint density at radius 1 is 1.43 bits per heavy atom. The minimum Gasteiger partial charge on any atom is -0.495 e. The summed E-state index contributed by atoms with van der Waals surface area (Å²) in [6.07, 6.45) is 2.22. The van der Waals surface area contributed by atoms with Crippen molar-refractivity contribution in [1.82, 2.24) is 9.80 Å². The maximum atomic E-state index is 12.1. The highest BCUT2D eigenvalue weighted by atomic mass is 16.5. The van der Waals surface area contributed by atoms with Gasteiger partial charge in [-0.2, -0.15) is 5.26 Å². The molecule has 5 heteroatoms. The fourth-order valence-corrected chi connectivity index (χ4v) is 2.61. The molecule has 1 heterocycles. The number of methoxy groups -OCH3 is 1. The van der Waals surface area contributed by atoms with E-state index >= 15 is 0 Å². The van der Waals surface area contributed by atoms with Gasteiger partial charge in [-0.3, -0.25) is 9.69 Å². The molecule has 1 aromatic rings. The van der Waals surface area contributed by atoms with Crippen molar-refractivity contribution in [3.05, 3.63) is 29.3 Å². The third-order valence-corrected chi connectivity index (χ3v) is 3.70. The summed E-state index contributed by atoms with van der Waals surface area (Å²) in [6, 6.07) is 7.66. The monoisotopic (exact) mass is 287 g/mol. The van der Waals surface area contributed by atoms with Crippen molar-refractivity contribution < 1.29 is 9.53 Å². The van der Waals surface area contributed by atoms with Gasteiger partial charge in [0.25, 0.3) is 0 Å². The van der Waals surface area contributed by atoms with Crippen LogP contribution in [0.15, 0.2) is 18.2 Å². The van der Waals surface area contributed by atoms with Gasteiger partial charge in [0.15, 0.2) is 0 Å². The normalized spacial score (nSPS) is 14.3. The van der Waals surface area contributed by atoms with E-state index in [9.17, 15) is 4.79 Å². The Morgan fingerprint density at radius 3 is 2.76 bits per heavy atom. The number of hydrogen-bond donors (Lipinski definition) is 0. The van der Waals surface area contributed by atoms with Crippen LogP contribution in [-0.2, 0) is 11.3 Å². The second-order valence-electron chi connectivity index (χ2n) is 5.41. The van der Waals surface area contributed by atoms with E-state index in [0.29, 0.717) is 24.4 Å². The molecule has 1 saturated heterocycles. The zero-order chi connectivity index (χ0) is 15.2. The molecule has 0 atom stereocenters. The summed E-state index contributed by atoms with van der Waals surface area (Å²) in [6.45, 7) is 2.81. The van der Waals surface area contributed by atoms with E-state index in [4.69, 9.17) is 10.00 Å². The van der Waals surface area contributed by atoms with Crippen molar-refractivity contribution in [2.75, 3.05) is 33.8 Å². The molecule has 0 spiro atoms. The molecule has 0 radical (unpaired) electrons. The van der Waals surface area contributed by atoms with Crippen molar-refractivity contribution in [2.24, 2.45) is 0 Å². The van der Waals surface area contributed by atoms with E-state index in [1.165, 1.54) is 0 Å². The number of amides is 1. The smallest absolute Gasteiger partial charge is 0.236 e. The number of hydrogen-bond acceptors (Lipinski definition) is 4. The maximum absolute atomic E-state index is 12.1. The van der Waals surface area contributed by atoms with Crippen LogP contribution in [0.25, 0.3) is 0 Å². The Kier molecular flexibility index (Phi) is 5.18. The first-order valence-electron chi connectivity index (χ1n) is 7.17. The quantitative estimate of drug-likeness (QED) is 0.826. The Labute approximate surface area is 125 Å². The summed E-state index contributed by atoms with van der Waals surface area (Å²) in [5.74, 6) is 0.765. The molecule has 0 bridgehead atoms. The van der Waals surface area contributed by atoms with Crippen LogP contribution in [0.2, 0.25) is 0 Å². The first-order chi connectivity index (χ1) is 10.1. The van der Waals surface area contributed by atoms with E-state index in [1.54, 1.807) is 13.2 Å². The topological polar surface area (TPSA) is 56.6 Å². The van der Waals surface area contributed by atoms with Gasteiger partial charge in [0.05, 0.1) is 19.2 Å². The van der Waals surface area contributed by atoms with Gasteiger partial charge in [-0.05, 0) is 37.6 Å². The molecule has 1 aliphatic heterocycles. The van der Waals surface area contributed by atoms with Crippen LogP contribution in [0.3, 0.4) is 0 Å². The SMILES string of the molecule is COc1ccc(CN(C)CC(=O)N2CCCC2)cc1C#N. The van der Waals surface area contributed by atoms with Crippen LogP contribution in [0.5, 0.6) is 5.75 Å². The number of carbonyl (C=O) groups excluding carboxylic acids is 1. The number of carbonyl (C=O) groups is 1. The zero-order valence-corrected chi connectivity index (χ0v) is 12.6. The summed E-state index contributed by atoms with van der Waals surface area (Å²) < 4.78 is 5.13. The number of nitrogens with zero attached hydrogens (tertiary/aromatic N) is 3. The molecule has 1 amide bonds. The minimum atomic E-state index is 0.184. The third-order valence-electron chi connectivity index (χ3n) is 3.70. The Morgan fingerprint density at radius 2 is 2.14 bits per heavy atom. The molecule has 5 nitrogen and oxygen atoms in total. The van der Waals surface area contributed by atoms with Crippen LogP contribution in [0.1, 0.15) is 24.0 Å². The number of likely N-dealkylation sites (N-methyl/N-ethyl adjacent to an activating group) is 1. The highest BCUT2D eigenvalue weighted by Gasteiger charge is 2.19. The Hall–Kier alpha value is -2.06. The molecule has 21 heavy (non-hydrogen) atoms. The minimum absolute atomic E-state index is 0.184. The van der Waals surface area contributed by atoms with Gasteiger partial charge in [0.1, 0.15) is 11.8 Å². The molecule has 1 aliphatic rings. The zero-order valence-electron chi connectivity index (χ0n) is 12.6. The lowest BCUT2D eigenvalue weighted by atomic mass is 10.1. The van der Waals surface area contributed by atoms with Gasteiger partial charge in [-0.1, -0.05) is 6.07 Å². The molecule has 0 unspecified atom stereocenters. The van der Waals surface area contributed by atoms with Gasteiger partial charge in [0.2, 0.25) is 5.91 Å². The number of ether oxygens (including phenoxy) is 1. The molecule has 1 aromatic carbocycles. The van der Waals surface area contributed by atoms with Gasteiger partial charge < -0.3 is 9.64 Å². The van der Waals surface area contributed by atoms with E-state index in [2.05, 4.69) is 6.07 Å². The first-order valence-corrected chi connectivity index (χ1v) is 7.17. The third kappa shape index (κ3) is 3.96. The predicted molar refractivity (Wildman–Crippen MR) is 79.9 cm³/mol. The van der Waals surface area contributed by atoms with E-state index < -0.39 is 0 Å². The number of rotatable bonds is 5. The van der Waals surface area contributed by atoms with Crippen LogP contribution in [0.4, 0.5) is 0 Å². The van der Waals surface area contributed by atoms with Crippen molar-refractivity contribution >= 4 is 5.91 Å². The van der Waals surface area contributed by atoms with Crippen molar-refractivity contribution in [3.8, 4) is 11.8 Å². The summed E-state index contributed by atoms with van der Waals surface area (Å²) in [5.41, 5.74) is 1.53. The van der Waals surface area contributed by atoms with Gasteiger partial charge in [-0.25, -0.2) is 0 Å². The van der Waals surface area contributed by atoms with Crippen LogP contribution >= 0.6 is 0 Å². The average Bonchev–Trinajstić information content (AvgIpc) is 3.01. The number of likely N-dealkylation sites (tertiary alicyclic amines) is 1. The molecule has 1 fully saturated rings. The van der Waals surface area contributed by atoms with Crippen molar-refractivity contribution in [3.63, 3.8) is 0 Å². The highest BCUT2D eigenvalue weighted by molar-refractivity contribution is 5.78. The summed E-state index contributed by atoms with van der Waals surface area (Å²) in [4.78, 5) is 16.0. The van der Waals surface area contributed by atoms with Crippen LogP contribution < -0.4 is 4.74 Å². The molecular weight excluding hydrogens is 266 g/mol. The summed E-state index contributed by atoms with van der Waals surface area (Å²) in [5, 5.41) is 9.09. The molecule has 112 valence electrons. The standard InChI is InChI=1S/C16H21N3O2/c1-18(12-16(20)19-7-3-4-8-19)11-13-5-6-15(21-2)14(9-13)10-17/h5-6,9H,3-4,7-8,11-12H2,1-2H3. The second-order valence-corrected chi connectivity index (χ2v) is 5.41. The van der Waals surface area contributed by atoms with Crippen molar-refractivity contribution in [1.29, 1.82) is 5.26 Å². The second kappa shape index (κ2) is 7.09. The molecular formula is C16H21N3O2. The number of nitriles is 1. The Balaban J connectivity index is 1.94. The maximum Gasteiger partial charge on any atom is 0.236 e. The fraction of sp³-hybridized carbons (Fsp3) is 0.500. The highest BCUT2D eigenvalue weighted by Crippen LogP contribution is 2.19. The number of benzene rings is 1. The average molecular weight is 287 g/mol. The molecule has 0 aliphatic carbocycles. The van der Waals surface area contributed by atoms with Crippen molar-refractivity contribution in [2.45, 2.75) is 19.4 Å². The van der Waals surface area contributed by atoms with Gasteiger partial charge in [0, 0.05) is 19.6 Å². The van der Waals surface area contributed by atoms with Gasteiger partial charge >= 0.3 is 0 Å². The van der Waals surface area contributed by atoms with Crippen LogP contribution in [0, 0.1) is 11.3 Å². The lowest BCUT2D eigenvalue weighted by Crippen LogP contribution is -2.36. The van der Waals surface area contributed by atoms with Gasteiger partial charge in [-0.15, -0.1) is 0 Å². The molecule has 2 rings (SSSR count). The predicted octanol–water partition coefficient (Wildman–Crippen LogP) is 1.62. The van der Waals surface area contributed by atoms with E-state index in [1.807, 2.05) is 29.0 Å². The van der Waals surface area contributed by atoms with Crippen LogP contribution in [-0.4, -0.2) is 49.5 Å². The lowest BCUT2D eigenvalue weighted by molar-refractivity contribution is -0.131. The summed E-state index contributed by atoms with van der Waals surface area (Å²) >= 11 is 0. The Bertz CT molecular complexity index is 545. The molecule has 0 saturated carbocycles. The summed E-state index contributed by atoms with van der Waals surface area (Å²) in [7, 11) is 3.47. The molecule has 0 N–H and O–H groups in total.